The van der Waals surface area contributed by atoms with Gasteiger partial charge in [-0.25, -0.2) is 5.01 Å². The van der Waals surface area contributed by atoms with E-state index < -0.39 is 17.9 Å². The third-order valence-corrected chi connectivity index (χ3v) is 5.83. The van der Waals surface area contributed by atoms with Crippen molar-refractivity contribution < 1.29 is 19.1 Å². The third kappa shape index (κ3) is 5.73. The third-order valence-electron chi connectivity index (χ3n) is 5.51. The van der Waals surface area contributed by atoms with E-state index in [0.717, 1.165) is 29.7 Å². The van der Waals surface area contributed by atoms with E-state index in [1.807, 2.05) is 18.2 Å². The van der Waals surface area contributed by atoms with E-state index in [9.17, 15) is 9.59 Å². The van der Waals surface area contributed by atoms with E-state index in [0.29, 0.717) is 30.2 Å². The second kappa shape index (κ2) is 11.2. The first-order valence-corrected chi connectivity index (χ1v) is 11.2. The summed E-state index contributed by atoms with van der Waals surface area (Å²) in [5, 5.41) is 4.53. The molecule has 5 N–H and O–H groups in total. The summed E-state index contributed by atoms with van der Waals surface area (Å²) < 4.78 is 11.0. The molecule has 0 unspecified atom stereocenters. The topological polar surface area (TPSA) is 120 Å². The molecule has 0 saturated heterocycles. The lowest BCUT2D eigenvalue weighted by molar-refractivity contribution is -0.119. The van der Waals surface area contributed by atoms with E-state index in [1.54, 1.807) is 36.4 Å². The summed E-state index contributed by atoms with van der Waals surface area (Å²) in [6.45, 7) is 1.14. The summed E-state index contributed by atoms with van der Waals surface area (Å²) in [6.07, 6.45) is 1.85. The number of fused-ring (bicyclic) bond motifs is 1. The number of thiol groups is 1. The maximum atomic E-state index is 13.1. The minimum absolute atomic E-state index is 0.0578. The molecule has 32 heavy (non-hydrogen) atoms. The van der Waals surface area contributed by atoms with Crippen LogP contribution in [0.3, 0.4) is 0 Å². The van der Waals surface area contributed by atoms with Crippen molar-refractivity contribution in [2.75, 3.05) is 26.0 Å². The molecule has 0 aliphatic carbocycles. The highest BCUT2D eigenvalue weighted by atomic mass is 32.1. The number of hydrogen-bond donors (Lipinski definition) is 4. The van der Waals surface area contributed by atoms with Gasteiger partial charge in [0.25, 0.3) is 5.91 Å². The Balaban J connectivity index is 1.78. The van der Waals surface area contributed by atoms with Crippen LogP contribution in [-0.2, 0) is 11.2 Å². The summed E-state index contributed by atoms with van der Waals surface area (Å²) in [5.74, 6) is 7.19. The van der Waals surface area contributed by atoms with Crippen LogP contribution in [0.2, 0.25) is 0 Å². The zero-order valence-corrected chi connectivity index (χ0v) is 19.0. The van der Waals surface area contributed by atoms with Crippen LogP contribution in [0.15, 0.2) is 42.5 Å². The summed E-state index contributed by atoms with van der Waals surface area (Å²) in [4.78, 5) is 25.1. The number of hydrazine groups is 1. The lowest BCUT2D eigenvalue weighted by Gasteiger charge is -2.33. The monoisotopic (exact) mass is 458 g/mol. The van der Waals surface area contributed by atoms with Crippen LogP contribution in [0, 0.1) is 0 Å². The van der Waals surface area contributed by atoms with Crippen LogP contribution in [0.25, 0.3) is 0 Å². The minimum Gasteiger partial charge on any atom is -0.497 e. The maximum absolute atomic E-state index is 13.1. The molecular weight excluding hydrogens is 428 g/mol. The Morgan fingerprint density at radius 1 is 1.28 bits per heavy atom. The fourth-order valence-electron chi connectivity index (χ4n) is 3.79. The fraction of sp³-hybridized carbons (Fsp3) is 0.391. The molecule has 1 aliphatic heterocycles. The van der Waals surface area contributed by atoms with Gasteiger partial charge in [-0.05, 0) is 35.9 Å². The highest BCUT2D eigenvalue weighted by Crippen LogP contribution is 2.37. The lowest BCUT2D eigenvalue weighted by atomic mass is 9.96. The van der Waals surface area contributed by atoms with Crippen LogP contribution in [0.5, 0.6) is 11.5 Å². The molecule has 1 heterocycles. The predicted molar refractivity (Wildman–Crippen MR) is 126 cm³/mol. The molecule has 3 rings (SSSR count). The first-order valence-electron chi connectivity index (χ1n) is 10.6. The number of nitrogens with two attached hydrogens (primary N) is 2. The summed E-state index contributed by atoms with van der Waals surface area (Å²) >= 11 is 4.25. The van der Waals surface area contributed by atoms with Crippen LogP contribution in [0.4, 0.5) is 0 Å². The van der Waals surface area contributed by atoms with Gasteiger partial charge >= 0.3 is 0 Å². The van der Waals surface area contributed by atoms with Gasteiger partial charge < -0.3 is 20.5 Å². The molecule has 2 amide bonds. The molecular formula is C23H30N4O4S. The van der Waals surface area contributed by atoms with Crippen molar-refractivity contribution in [1.29, 1.82) is 0 Å². The normalized spacial score (nSPS) is 16.1. The summed E-state index contributed by atoms with van der Waals surface area (Å²) in [5.41, 5.74) is 7.64. The molecule has 0 bridgehead atoms. The average Bonchev–Trinajstić information content (AvgIpc) is 2.81. The zero-order valence-electron chi connectivity index (χ0n) is 18.1. The highest BCUT2D eigenvalue weighted by molar-refractivity contribution is 7.80. The van der Waals surface area contributed by atoms with Crippen molar-refractivity contribution >= 4 is 24.4 Å². The van der Waals surface area contributed by atoms with Crippen molar-refractivity contribution in [3.63, 3.8) is 0 Å². The van der Waals surface area contributed by atoms with Gasteiger partial charge in [-0.1, -0.05) is 24.3 Å². The van der Waals surface area contributed by atoms with Crippen molar-refractivity contribution in [3.8, 4) is 11.5 Å². The number of primary amides is 1. The zero-order chi connectivity index (χ0) is 23.1. The number of rotatable bonds is 10. The van der Waals surface area contributed by atoms with Gasteiger partial charge in [0.2, 0.25) is 5.91 Å². The maximum Gasteiger partial charge on any atom is 0.255 e. The molecule has 0 aromatic heterocycles. The summed E-state index contributed by atoms with van der Waals surface area (Å²) in [7, 11) is 1.58. The summed E-state index contributed by atoms with van der Waals surface area (Å²) in [6, 6.07) is 11.7. The fourth-order valence-corrected chi connectivity index (χ4v) is 3.94. The number of carbonyl (C=O) groups is 2. The van der Waals surface area contributed by atoms with Crippen LogP contribution in [0.1, 0.15) is 40.4 Å². The van der Waals surface area contributed by atoms with Crippen LogP contribution >= 0.6 is 12.6 Å². The van der Waals surface area contributed by atoms with Gasteiger partial charge in [0.15, 0.2) is 0 Å². The number of methoxy groups -OCH3 is 1. The lowest BCUT2D eigenvalue weighted by Crippen LogP contribution is -2.46. The Labute approximate surface area is 193 Å². The number of nitrogens with one attached hydrogen (secondary N) is 1. The largest absolute Gasteiger partial charge is 0.497 e. The van der Waals surface area contributed by atoms with Gasteiger partial charge in [-0.2, -0.15) is 12.6 Å². The Kier molecular flexibility index (Phi) is 8.38. The van der Waals surface area contributed by atoms with Crippen molar-refractivity contribution in [2.45, 2.75) is 31.3 Å². The molecule has 0 saturated carbocycles. The SMILES string of the molecule is COc1ccc(C[C@H](NC(=O)c2cccc3c2OCC[C@@H]3N(N)CCCS)C(N)=O)cc1. The standard InChI is InChI=1S/C23H30N4O4S/c1-30-16-8-6-15(7-9-16)14-19(22(24)28)26-23(29)18-5-2-4-17-20(10-12-31-21(17)18)27(25)11-3-13-32/h2,4-9,19-20,32H,3,10-14,25H2,1H3,(H2,24,28)(H,26,29)/t19-,20-/m0/s1. The molecule has 2 aromatic carbocycles. The molecule has 0 radical (unpaired) electrons. The van der Waals surface area contributed by atoms with Gasteiger partial charge in [0.05, 0.1) is 25.3 Å². The number of nitrogens with zero attached hydrogens (tertiary/aromatic N) is 1. The van der Waals surface area contributed by atoms with Crippen molar-refractivity contribution in [2.24, 2.45) is 11.6 Å². The van der Waals surface area contributed by atoms with Gasteiger partial charge in [-0.15, -0.1) is 0 Å². The van der Waals surface area contributed by atoms with Gasteiger partial charge in [-0.3, -0.25) is 15.4 Å². The Morgan fingerprint density at radius 2 is 2.03 bits per heavy atom. The quantitative estimate of drug-likeness (QED) is 0.245. The first kappa shape index (κ1) is 23.9. The predicted octanol–water partition coefficient (Wildman–Crippen LogP) is 1.84. The first-order chi connectivity index (χ1) is 15.4. The van der Waals surface area contributed by atoms with E-state index in [2.05, 4.69) is 17.9 Å². The van der Waals surface area contributed by atoms with Crippen LogP contribution < -0.4 is 26.4 Å². The van der Waals surface area contributed by atoms with Gasteiger partial charge in [0.1, 0.15) is 17.5 Å². The van der Waals surface area contributed by atoms with E-state index in [-0.39, 0.29) is 12.5 Å². The Morgan fingerprint density at radius 3 is 2.69 bits per heavy atom. The molecule has 9 heteroatoms. The van der Waals surface area contributed by atoms with Crippen LogP contribution in [-0.4, -0.2) is 48.9 Å². The number of hydrogen-bond acceptors (Lipinski definition) is 7. The second-order valence-corrected chi connectivity index (χ2v) is 8.12. The minimum atomic E-state index is -0.868. The smallest absolute Gasteiger partial charge is 0.255 e. The average molecular weight is 459 g/mol. The number of carbonyl (C=O) groups excluding carboxylic acids is 2. The second-order valence-electron chi connectivity index (χ2n) is 7.67. The van der Waals surface area contributed by atoms with Gasteiger partial charge in [0, 0.05) is 24.9 Å². The van der Waals surface area contributed by atoms with Crippen molar-refractivity contribution in [1.82, 2.24) is 10.3 Å². The number of amides is 2. The molecule has 2 aromatic rings. The van der Waals surface area contributed by atoms with E-state index in [4.69, 9.17) is 21.1 Å². The molecule has 0 fully saturated rings. The Bertz CT molecular complexity index is 938. The highest BCUT2D eigenvalue weighted by Gasteiger charge is 2.30. The number of para-hydroxylation sites is 1. The molecule has 1 aliphatic rings. The molecule has 172 valence electrons. The molecule has 0 spiro atoms. The number of benzene rings is 2. The van der Waals surface area contributed by atoms with E-state index in [1.165, 1.54) is 0 Å². The van der Waals surface area contributed by atoms with E-state index >= 15 is 0 Å². The molecule has 2 atom stereocenters. The Hall–Kier alpha value is -2.75. The molecule has 8 nitrogen and oxygen atoms in total. The van der Waals surface area contributed by atoms with Crippen molar-refractivity contribution in [3.05, 3.63) is 59.2 Å². The number of ether oxygens (including phenoxy) is 2.